The number of carbonyl (C=O) groups is 2. The van der Waals surface area contributed by atoms with Crippen LogP contribution in [-0.4, -0.2) is 31.1 Å². The summed E-state index contributed by atoms with van der Waals surface area (Å²) in [6.07, 6.45) is 0. The number of benzene rings is 1. The van der Waals surface area contributed by atoms with Gasteiger partial charge in [-0.05, 0) is 31.5 Å². The molecule has 0 saturated heterocycles. The van der Waals surface area contributed by atoms with Crippen molar-refractivity contribution in [2.75, 3.05) is 13.2 Å². The SMILES string of the molecule is CC(NC(=O)C(C)(C)C)C(=O)NC(C)c1ccc2c(c1)OCCO2. The lowest BCUT2D eigenvalue weighted by Gasteiger charge is -2.24. The topological polar surface area (TPSA) is 76.7 Å². The van der Waals surface area contributed by atoms with Crippen molar-refractivity contribution in [3.8, 4) is 11.5 Å². The Bertz CT molecular complexity index is 622. The summed E-state index contributed by atoms with van der Waals surface area (Å²) in [6.45, 7) is 10.1. The first kappa shape index (κ1) is 18.1. The third kappa shape index (κ3) is 4.40. The van der Waals surface area contributed by atoms with Crippen molar-refractivity contribution >= 4 is 11.8 Å². The van der Waals surface area contributed by atoms with Crippen LogP contribution in [0, 0.1) is 5.41 Å². The van der Waals surface area contributed by atoms with Gasteiger partial charge in [-0.3, -0.25) is 9.59 Å². The van der Waals surface area contributed by atoms with Crippen LogP contribution in [-0.2, 0) is 9.59 Å². The molecule has 2 N–H and O–H groups in total. The zero-order valence-corrected chi connectivity index (χ0v) is 14.9. The average molecular weight is 334 g/mol. The van der Waals surface area contributed by atoms with Gasteiger partial charge in [-0.1, -0.05) is 26.8 Å². The molecule has 0 spiro atoms. The average Bonchev–Trinajstić information content (AvgIpc) is 2.53. The smallest absolute Gasteiger partial charge is 0.242 e. The molecule has 2 rings (SSSR count). The van der Waals surface area contributed by atoms with Gasteiger partial charge >= 0.3 is 0 Å². The van der Waals surface area contributed by atoms with E-state index >= 15 is 0 Å². The van der Waals surface area contributed by atoms with Gasteiger partial charge in [0.1, 0.15) is 19.3 Å². The molecule has 0 bridgehead atoms. The lowest BCUT2D eigenvalue weighted by molar-refractivity contribution is -0.133. The van der Waals surface area contributed by atoms with Crippen molar-refractivity contribution in [2.24, 2.45) is 5.41 Å². The Morgan fingerprint density at radius 1 is 1.04 bits per heavy atom. The molecule has 1 heterocycles. The van der Waals surface area contributed by atoms with Crippen molar-refractivity contribution in [3.63, 3.8) is 0 Å². The maximum atomic E-state index is 12.3. The summed E-state index contributed by atoms with van der Waals surface area (Å²) in [5.74, 6) is 1.02. The molecule has 0 aromatic heterocycles. The molecule has 2 unspecified atom stereocenters. The van der Waals surface area contributed by atoms with Gasteiger partial charge in [0.05, 0.1) is 6.04 Å². The van der Waals surface area contributed by atoms with Gasteiger partial charge in [0, 0.05) is 5.41 Å². The molecule has 0 aliphatic carbocycles. The van der Waals surface area contributed by atoms with Crippen LogP contribution in [0.4, 0.5) is 0 Å². The molecule has 1 aromatic rings. The van der Waals surface area contributed by atoms with E-state index in [9.17, 15) is 9.59 Å². The normalized spacial score (nSPS) is 16.0. The van der Waals surface area contributed by atoms with Crippen LogP contribution in [0.15, 0.2) is 18.2 Å². The highest BCUT2D eigenvalue weighted by atomic mass is 16.6. The largest absolute Gasteiger partial charge is 0.486 e. The van der Waals surface area contributed by atoms with E-state index in [4.69, 9.17) is 9.47 Å². The second-order valence-electron chi connectivity index (χ2n) is 7.08. The zero-order chi connectivity index (χ0) is 17.9. The van der Waals surface area contributed by atoms with Crippen LogP contribution < -0.4 is 20.1 Å². The lowest BCUT2D eigenvalue weighted by Crippen LogP contribution is -2.48. The van der Waals surface area contributed by atoms with Crippen molar-refractivity contribution in [2.45, 2.75) is 46.7 Å². The number of fused-ring (bicyclic) bond motifs is 1. The van der Waals surface area contributed by atoms with Crippen LogP contribution in [0.25, 0.3) is 0 Å². The second kappa shape index (κ2) is 7.11. The molecule has 132 valence electrons. The molecule has 2 amide bonds. The van der Waals surface area contributed by atoms with Gasteiger partial charge in [0.15, 0.2) is 11.5 Å². The molecule has 1 aromatic carbocycles. The standard InChI is InChI=1S/C18H26N2O4/c1-11(13-6-7-14-15(10-13)24-9-8-23-14)19-16(21)12(2)20-17(22)18(3,4)5/h6-7,10-12H,8-9H2,1-5H3,(H,19,21)(H,20,22). The summed E-state index contributed by atoms with van der Waals surface area (Å²) < 4.78 is 11.1. The number of hydrogen-bond acceptors (Lipinski definition) is 4. The fourth-order valence-electron chi connectivity index (χ4n) is 2.23. The van der Waals surface area contributed by atoms with E-state index in [2.05, 4.69) is 10.6 Å². The number of amides is 2. The van der Waals surface area contributed by atoms with Crippen LogP contribution in [0.3, 0.4) is 0 Å². The molecule has 6 heteroatoms. The highest BCUT2D eigenvalue weighted by molar-refractivity contribution is 5.89. The minimum atomic E-state index is -0.601. The third-order valence-corrected chi connectivity index (χ3v) is 3.85. The van der Waals surface area contributed by atoms with Gasteiger partial charge in [-0.15, -0.1) is 0 Å². The lowest BCUT2D eigenvalue weighted by atomic mass is 9.95. The highest BCUT2D eigenvalue weighted by Crippen LogP contribution is 2.32. The first-order valence-electron chi connectivity index (χ1n) is 8.19. The van der Waals surface area contributed by atoms with Gasteiger partial charge in [0.25, 0.3) is 0 Å². The Morgan fingerprint density at radius 2 is 1.67 bits per heavy atom. The molecular weight excluding hydrogens is 308 g/mol. The van der Waals surface area contributed by atoms with Crippen molar-refractivity contribution in [1.29, 1.82) is 0 Å². The Labute approximate surface area is 142 Å². The molecule has 1 aliphatic heterocycles. The van der Waals surface area contributed by atoms with E-state index in [1.807, 2.05) is 45.9 Å². The number of carbonyl (C=O) groups excluding carboxylic acids is 2. The van der Waals surface area contributed by atoms with Crippen LogP contribution >= 0.6 is 0 Å². The Hall–Kier alpha value is -2.24. The molecule has 6 nitrogen and oxygen atoms in total. The molecular formula is C18H26N2O4. The Morgan fingerprint density at radius 3 is 2.29 bits per heavy atom. The summed E-state index contributed by atoms with van der Waals surface area (Å²) in [4.78, 5) is 24.3. The molecule has 0 radical (unpaired) electrons. The van der Waals surface area contributed by atoms with E-state index in [1.54, 1.807) is 6.92 Å². The molecule has 0 fully saturated rings. The Balaban J connectivity index is 1.97. The predicted molar refractivity (Wildman–Crippen MR) is 91.0 cm³/mol. The summed E-state index contributed by atoms with van der Waals surface area (Å²) in [6, 6.07) is 4.81. The first-order valence-corrected chi connectivity index (χ1v) is 8.19. The molecule has 2 atom stereocenters. The summed E-state index contributed by atoms with van der Waals surface area (Å²) in [7, 11) is 0. The molecule has 1 aliphatic rings. The van der Waals surface area contributed by atoms with E-state index in [1.165, 1.54) is 0 Å². The van der Waals surface area contributed by atoms with Gasteiger partial charge in [-0.25, -0.2) is 0 Å². The van der Waals surface area contributed by atoms with Crippen LogP contribution in [0.1, 0.15) is 46.2 Å². The van der Waals surface area contributed by atoms with E-state index in [-0.39, 0.29) is 17.9 Å². The maximum Gasteiger partial charge on any atom is 0.242 e. The van der Waals surface area contributed by atoms with Crippen molar-refractivity contribution in [1.82, 2.24) is 10.6 Å². The fraction of sp³-hybridized carbons (Fsp3) is 0.556. The predicted octanol–water partition coefficient (Wildman–Crippen LogP) is 2.19. The van der Waals surface area contributed by atoms with Crippen LogP contribution in [0.2, 0.25) is 0 Å². The summed E-state index contributed by atoms with van der Waals surface area (Å²) in [5.41, 5.74) is 0.387. The van der Waals surface area contributed by atoms with Crippen molar-refractivity contribution in [3.05, 3.63) is 23.8 Å². The van der Waals surface area contributed by atoms with Gasteiger partial charge < -0.3 is 20.1 Å². The monoisotopic (exact) mass is 334 g/mol. The zero-order valence-electron chi connectivity index (χ0n) is 14.9. The number of ether oxygens (including phenoxy) is 2. The molecule has 0 saturated carbocycles. The highest BCUT2D eigenvalue weighted by Gasteiger charge is 2.26. The minimum Gasteiger partial charge on any atom is -0.486 e. The van der Waals surface area contributed by atoms with E-state index < -0.39 is 11.5 Å². The second-order valence-corrected chi connectivity index (χ2v) is 7.08. The number of rotatable bonds is 4. The maximum absolute atomic E-state index is 12.3. The first-order chi connectivity index (χ1) is 11.2. The fourth-order valence-corrected chi connectivity index (χ4v) is 2.23. The van der Waals surface area contributed by atoms with Gasteiger partial charge in [0.2, 0.25) is 11.8 Å². The molecule has 24 heavy (non-hydrogen) atoms. The van der Waals surface area contributed by atoms with E-state index in [0.717, 1.165) is 5.56 Å². The van der Waals surface area contributed by atoms with E-state index in [0.29, 0.717) is 24.7 Å². The third-order valence-electron chi connectivity index (χ3n) is 3.85. The minimum absolute atomic E-state index is 0.155. The summed E-state index contributed by atoms with van der Waals surface area (Å²) in [5, 5.41) is 5.64. The van der Waals surface area contributed by atoms with Crippen LogP contribution in [0.5, 0.6) is 11.5 Å². The van der Waals surface area contributed by atoms with Gasteiger partial charge in [-0.2, -0.15) is 0 Å². The van der Waals surface area contributed by atoms with Crippen molar-refractivity contribution < 1.29 is 19.1 Å². The number of hydrogen-bond donors (Lipinski definition) is 2. The quantitative estimate of drug-likeness (QED) is 0.885. The summed E-state index contributed by atoms with van der Waals surface area (Å²) >= 11 is 0. The Kier molecular flexibility index (Phi) is 5.36. The number of nitrogens with one attached hydrogen (secondary N) is 2.